The Morgan fingerprint density at radius 1 is 0.364 bits per heavy atom. The molecule has 5 rings (SSSR count). The van der Waals surface area contributed by atoms with Crippen molar-refractivity contribution in [3.05, 3.63) is 165 Å². The Balaban J connectivity index is 1.26. The maximum absolute atomic E-state index is 5.91. The summed E-state index contributed by atoms with van der Waals surface area (Å²) in [7, 11) is 0. The summed E-state index contributed by atoms with van der Waals surface area (Å²) in [6.45, 7) is 4.54. The average Bonchev–Trinajstić information content (AvgIpc) is 3.04. The van der Waals surface area contributed by atoms with Crippen LogP contribution in [0.4, 0.5) is 11.4 Å². The zero-order chi connectivity index (χ0) is 30.7. The highest BCUT2D eigenvalue weighted by Crippen LogP contribution is 2.24. The summed E-state index contributed by atoms with van der Waals surface area (Å²) in [6.07, 6.45) is 10.9. The fraction of sp³-hybridized carbons (Fsp3) is 0.286. The molecular formula is C42H48N2. The molecule has 0 radical (unpaired) electrons. The first-order chi connectivity index (χ1) is 21.5. The van der Waals surface area contributed by atoms with Crippen LogP contribution in [0.3, 0.4) is 0 Å². The first kappa shape index (κ1) is 31.1. The van der Waals surface area contributed by atoms with E-state index in [1.54, 1.807) is 0 Å². The third-order valence-electron chi connectivity index (χ3n) is 8.73. The quantitative estimate of drug-likeness (QED) is 0.128. The minimum absolute atomic E-state index is 0.821. The predicted octanol–water partition coefficient (Wildman–Crippen LogP) is 9.90. The topological polar surface area (TPSA) is 52.0 Å². The number of hydrogen-bond acceptors (Lipinski definition) is 2. The lowest BCUT2D eigenvalue weighted by molar-refractivity contribution is 0.787. The van der Waals surface area contributed by atoms with Crippen molar-refractivity contribution in [3.8, 4) is 0 Å². The summed E-state index contributed by atoms with van der Waals surface area (Å²) in [5.74, 6) is 0. The van der Waals surface area contributed by atoms with Crippen LogP contribution in [-0.4, -0.2) is 0 Å². The Bertz CT molecular complexity index is 1490. The van der Waals surface area contributed by atoms with E-state index in [1.807, 2.05) is 24.3 Å². The van der Waals surface area contributed by atoms with Crippen molar-refractivity contribution in [2.75, 3.05) is 11.5 Å². The minimum Gasteiger partial charge on any atom is -0.399 e. The van der Waals surface area contributed by atoms with Crippen molar-refractivity contribution in [1.82, 2.24) is 0 Å². The highest BCUT2D eigenvalue weighted by Gasteiger charge is 2.09. The summed E-state index contributed by atoms with van der Waals surface area (Å²) in [5, 5.41) is 0. The molecule has 5 aromatic carbocycles. The highest BCUT2D eigenvalue weighted by molar-refractivity contribution is 5.45. The number of unbranched alkanes of at least 4 members (excludes halogenated alkanes) is 2. The molecule has 44 heavy (non-hydrogen) atoms. The summed E-state index contributed by atoms with van der Waals surface area (Å²) < 4.78 is 0. The number of hydrogen-bond donors (Lipinski definition) is 2. The van der Waals surface area contributed by atoms with Gasteiger partial charge in [-0.15, -0.1) is 0 Å². The van der Waals surface area contributed by atoms with Gasteiger partial charge in [-0.05, 0) is 131 Å². The van der Waals surface area contributed by atoms with Crippen molar-refractivity contribution in [2.24, 2.45) is 0 Å². The molecule has 0 saturated heterocycles. The van der Waals surface area contributed by atoms with Gasteiger partial charge >= 0.3 is 0 Å². The molecule has 0 unspecified atom stereocenters. The number of anilines is 2. The SMILES string of the molecule is CCCCc1cc(Cc2ccc(Cc3ccc(Cc4ccc(N)cc4)c(CCCC)c3)cc2)ccc1Cc1ccc(N)cc1. The lowest BCUT2D eigenvalue weighted by Crippen LogP contribution is -2.00. The summed E-state index contributed by atoms with van der Waals surface area (Å²) in [5.41, 5.74) is 27.4. The monoisotopic (exact) mass is 580 g/mol. The van der Waals surface area contributed by atoms with E-state index < -0.39 is 0 Å². The molecule has 4 N–H and O–H groups in total. The van der Waals surface area contributed by atoms with Gasteiger partial charge in [0.1, 0.15) is 0 Å². The largest absolute Gasteiger partial charge is 0.399 e. The Morgan fingerprint density at radius 2 is 0.682 bits per heavy atom. The Kier molecular flexibility index (Phi) is 10.9. The van der Waals surface area contributed by atoms with E-state index >= 15 is 0 Å². The molecule has 0 aliphatic heterocycles. The van der Waals surface area contributed by atoms with E-state index in [0.29, 0.717) is 0 Å². The molecule has 2 nitrogen and oxygen atoms in total. The molecule has 0 bridgehead atoms. The first-order valence-electron chi connectivity index (χ1n) is 16.5. The van der Waals surface area contributed by atoms with Gasteiger partial charge in [-0.25, -0.2) is 0 Å². The van der Waals surface area contributed by atoms with Gasteiger partial charge < -0.3 is 11.5 Å². The molecule has 5 aromatic rings. The zero-order valence-electron chi connectivity index (χ0n) is 26.6. The normalized spacial score (nSPS) is 11.1. The van der Waals surface area contributed by atoms with E-state index in [1.165, 1.54) is 81.3 Å². The molecular weight excluding hydrogens is 532 g/mol. The van der Waals surface area contributed by atoms with Gasteiger partial charge in [0.2, 0.25) is 0 Å². The van der Waals surface area contributed by atoms with Crippen molar-refractivity contribution in [2.45, 2.75) is 78.1 Å². The fourth-order valence-corrected chi connectivity index (χ4v) is 6.08. The van der Waals surface area contributed by atoms with Crippen molar-refractivity contribution in [3.63, 3.8) is 0 Å². The number of aryl methyl sites for hydroxylation is 2. The highest BCUT2D eigenvalue weighted by atomic mass is 14.5. The smallest absolute Gasteiger partial charge is 0.0314 e. The van der Waals surface area contributed by atoms with Crippen LogP contribution < -0.4 is 11.5 Å². The molecule has 0 aliphatic rings. The summed E-state index contributed by atoms with van der Waals surface area (Å²) in [6, 6.07) is 40.1. The lowest BCUT2D eigenvalue weighted by atomic mass is 9.92. The number of nitrogen functional groups attached to an aromatic ring is 2. The summed E-state index contributed by atoms with van der Waals surface area (Å²) >= 11 is 0. The molecule has 0 saturated carbocycles. The molecule has 0 atom stereocenters. The maximum Gasteiger partial charge on any atom is 0.0314 e. The Morgan fingerprint density at radius 3 is 1.05 bits per heavy atom. The number of nitrogens with two attached hydrogens (primary N) is 2. The molecule has 0 aliphatic carbocycles. The average molecular weight is 581 g/mol. The maximum atomic E-state index is 5.91. The molecule has 2 heteroatoms. The van der Waals surface area contributed by atoms with Crippen LogP contribution in [0.25, 0.3) is 0 Å². The van der Waals surface area contributed by atoms with Crippen molar-refractivity contribution in [1.29, 1.82) is 0 Å². The molecule has 226 valence electrons. The van der Waals surface area contributed by atoms with Crippen LogP contribution >= 0.6 is 0 Å². The predicted molar refractivity (Wildman–Crippen MR) is 189 cm³/mol. The van der Waals surface area contributed by atoms with Gasteiger partial charge in [-0.1, -0.05) is 112 Å². The second-order valence-corrected chi connectivity index (χ2v) is 12.4. The number of benzene rings is 5. The molecule has 0 amide bonds. The van der Waals surface area contributed by atoms with Gasteiger partial charge in [0, 0.05) is 11.4 Å². The number of rotatable bonds is 14. The Hall–Kier alpha value is -4.30. The van der Waals surface area contributed by atoms with E-state index in [9.17, 15) is 0 Å². The van der Waals surface area contributed by atoms with E-state index in [0.717, 1.165) is 49.9 Å². The standard InChI is InChI=1S/C42H48N2/c1-3-5-7-37-29-35(13-19-39(37)27-33-15-21-41(43)22-16-33)25-31-9-11-32(12-10-31)26-36-14-20-40(38(30-36)8-6-4-2)28-34-17-23-42(44)24-18-34/h9-24,29-30H,3-8,25-28,43-44H2,1-2H3. The van der Waals surface area contributed by atoms with Crippen LogP contribution in [0.1, 0.15) is 95.2 Å². The Labute approximate surface area is 265 Å². The summed E-state index contributed by atoms with van der Waals surface area (Å²) in [4.78, 5) is 0. The van der Waals surface area contributed by atoms with Crippen LogP contribution in [0.15, 0.2) is 109 Å². The van der Waals surface area contributed by atoms with E-state index in [2.05, 4.69) is 98.8 Å². The van der Waals surface area contributed by atoms with Crippen LogP contribution in [-0.2, 0) is 38.5 Å². The van der Waals surface area contributed by atoms with E-state index in [4.69, 9.17) is 11.5 Å². The molecule has 0 spiro atoms. The molecule has 0 heterocycles. The minimum atomic E-state index is 0.821. The van der Waals surface area contributed by atoms with Gasteiger partial charge in [-0.3, -0.25) is 0 Å². The third kappa shape index (κ3) is 8.86. The fourth-order valence-electron chi connectivity index (χ4n) is 6.08. The second kappa shape index (κ2) is 15.4. The first-order valence-corrected chi connectivity index (χ1v) is 16.5. The lowest BCUT2D eigenvalue weighted by Gasteiger charge is -2.14. The van der Waals surface area contributed by atoms with Gasteiger partial charge in [0.05, 0.1) is 0 Å². The molecule has 0 fully saturated rings. The van der Waals surface area contributed by atoms with E-state index in [-0.39, 0.29) is 0 Å². The zero-order valence-corrected chi connectivity index (χ0v) is 26.6. The van der Waals surface area contributed by atoms with Gasteiger partial charge in [0.15, 0.2) is 0 Å². The van der Waals surface area contributed by atoms with Gasteiger partial charge in [-0.2, -0.15) is 0 Å². The van der Waals surface area contributed by atoms with Crippen LogP contribution in [0, 0.1) is 0 Å². The van der Waals surface area contributed by atoms with Gasteiger partial charge in [0.25, 0.3) is 0 Å². The second-order valence-electron chi connectivity index (χ2n) is 12.4. The third-order valence-corrected chi connectivity index (χ3v) is 8.73. The van der Waals surface area contributed by atoms with Crippen LogP contribution in [0.2, 0.25) is 0 Å². The van der Waals surface area contributed by atoms with Crippen molar-refractivity contribution >= 4 is 11.4 Å². The molecule has 0 aromatic heterocycles. The van der Waals surface area contributed by atoms with Crippen LogP contribution in [0.5, 0.6) is 0 Å². The van der Waals surface area contributed by atoms with Crippen molar-refractivity contribution < 1.29 is 0 Å².